The Balaban J connectivity index is 1.37. The number of nitrogens with one attached hydrogen (secondary N) is 1. The maximum absolute atomic E-state index is 5.82. The second-order valence-electron chi connectivity index (χ2n) is 7.43. The van der Waals surface area contributed by atoms with Crippen molar-refractivity contribution < 1.29 is 9.47 Å². The standard InChI is InChI=1S/C29H25N3O2/c1-33-21-25-15-6-5-13-24(25)14-7-8-18-30-29-27-20-26(16-17-28(27)31-22-32-29)34-19-9-12-23-10-3-2-4-11-23/h2-6,10-11,13,15-17,20,22H,8,18-19,21H2,1H3,(H,30,31,32). The highest BCUT2D eigenvalue weighted by Crippen LogP contribution is 2.24. The highest BCUT2D eigenvalue weighted by Gasteiger charge is 2.05. The van der Waals surface area contributed by atoms with Crippen molar-refractivity contribution in [3.8, 4) is 29.4 Å². The highest BCUT2D eigenvalue weighted by molar-refractivity contribution is 5.89. The van der Waals surface area contributed by atoms with Crippen molar-refractivity contribution >= 4 is 16.7 Å². The molecule has 0 fully saturated rings. The van der Waals surface area contributed by atoms with Crippen molar-refractivity contribution in [1.29, 1.82) is 0 Å². The monoisotopic (exact) mass is 447 g/mol. The third kappa shape index (κ3) is 6.36. The molecule has 0 amide bonds. The average Bonchev–Trinajstić information content (AvgIpc) is 2.88. The van der Waals surface area contributed by atoms with Gasteiger partial charge in [-0.05, 0) is 42.0 Å². The summed E-state index contributed by atoms with van der Waals surface area (Å²) in [7, 11) is 1.69. The SMILES string of the molecule is COCc1ccccc1C#CCCNc1ncnc2ccc(OCC#Cc3ccccc3)cc12. The predicted octanol–water partition coefficient (Wildman–Crippen LogP) is 5.06. The van der Waals surface area contributed by atoms with E-state index >= 15 is 0 Å². The first-order chi connectivity index (χ1) is 16.8. The number of nitrogens with zero attached hydrogens (tertiary/aromatic N) is 2. The third-order valence-electron chi connectivity index (χ3n) is 5.01. The molecule has 0 aliphatic carbocycles. The highest BCUT2D eigenvalue weighted by atomic mass is 16.5. The number of hydrogen-bond donors (Lipinski definition) is 1. The van der Waals surface area contributed by atoms with Gasteiger partial charge in [0.15, 0.2) is 0 Å². The number of ether oxygens (including phenoxy) is 2. The van der Waals surface area contributed by atoms with E-state index in [0.717, 1.165) is 39.2 Å². The maximum atomic E-state index is 5.82. The lowest BCUT2D eigenvalue weighted by Crippen LogP contribution is -2.04. The van der Waals surface area contributed by atoms with Crippen LogP contribution in [0.3, 0.4) is 0 Å². The van der Waals surface area contributed by atoms with Crippen molar-refractivity contribution in [2.24, 2.45) is 0 Å². The first-order valence-electron chi connectivity index (χ1n) is 11.0. The van der Waals surface area contributed by atoms with E-state index in [1.165, 1.54) is 0 Å². The van der Waals surface area contributed by atoms with Crippen LogP contribution < -0.4 is 10.1 Å². The zero-order valence-corrected chi connectivity index (χ0v) is 19.0. The topological polar surface area (TPSA) is 56.3 Å². The molecule has 5 heteroatoms. The molecule has 0 atom stereocenters. The molecule has 34 heavy (non-hydrogen) atoms. The van der Waals surface area contributed by atoms with Crippen LogP contribution in [0.5, 0.6) is 5.75 Å². The minimum Gasteiger partial charge on any atom is -0.481 e. The summed E-state index contributed by atoms with van der Waals surface area (Å²) in [5, 5.41) is 4.27. The second kappa shape index (κ2) is 12.1. The Morgan fingerprint density at radius 1 is 0.882 bits per heavy atom. The van der Waals surface area contributed by atoms with Crippen molar-refractivity contribution in [1.82, 2.24) is 9.97 Å². The van der Waals surface area contributed by atoms with Gasteiger partial charge in [0, 0.05) is 36.6 Å². The van der Waals surface area contributed by atoms with Gasteiger partial charge in [-0.1, -0.05) is 60.1 Å². The van der Waals surface area contributed by atoms with Crippen LogP contribution in [-0.2, 0) is 11.3 Å². The minimum absolute atomic E-state index is 0.303. The molecule has 5 nitrogen and oxygen atoms in total. The minimum atomic E-state index is 0.303. The van der Waals surface area contributed by atoms with Crippen LogP contribution in [0.15, 0.2) is 79.1 Å². The Morgan fingerprint density at radius 3 is 2.62 bits per heavy atom. The van der Waals surface area contributed by atoms with Gasteiger partial charge in [0.05, 0.1) is 12.1 Å². The van der Waals surface area contributed by atoms with E-state index < -0.39 is 0 Å². The van der Waals surface area contributed by atoms with Crippen LogP contribution in [0.1, 0.15) is 23.1 Å². The molecule has 0 radical (unpaired) electrons. The van der Waals surface area contributed by atoms with E-state index in [4.69, 9.17) is 9.47 Å². The molecule has 0 bridgehead atoms. The summed E-state index contributed by atoms with van der Waals surface area (Å²) in [6.07, 6.45) is 2.24. The van der Waals surface area contributed by atoms with E-state index in [-0.39, 0.29) is 0 Å². The van der Waals surface area contributed by atoms with Crippen molar-refractivity contribution in [2.75, 3.05) is 25.6 Å². The predicted molar refractivity (Wildman–Crippen MR) is 135 cm³/mol. The van der Waals surface area contributed by atoms with Gasteiger partial charge in [-0.3, -0.25) is 0 Å². The van der Waals surface area contributed by atoms with Crippen LogP contribution >= 0.6 is 0 Å². The van der Waals surface area contributed by atoms with E-state index in [0.29, 0.717) is 26.2 Å². The van der Waals surface area contributed by atoms with E-state index in [1.807, 2.05) is 72.8 Å². The fourth-order valence-corrected chi connectivity index (χ4v) is 3.37. The maximum Gasteiger partial charge on any atom is 0.149 e. The Kier molecular flexibility index (Phi) is 8.11. The number of fused-ring (bicyclic) bond motifs is 1. The van der Waals surface area contributed by atoms with E-state index in [1.54, 1.807) is 13.4 Å². The van der Waals surface area contributed by atoms with Gasteiger partial charge >= 0.3 is 0 Å². The molecule has 1 aromatic heterocycles. The van der Waals surface area contributed by atoms with Crippen molar-refractivity contribution in [2.45, 2.75) is 13.0 Å². The largest absolute Gasteiger partial charge is 0.481 e. The Morgan fingerprint density at radius 2 is 1.74 bits per heavy atom. The zero-order chi connectivity index (χ0) is 23.4. The van der Waals surface area contributed by atoms with Gasteiger partial charge in [-0.2, -0.15) is 0 Å². The molecular weight excluding hydrogens is 422 g/mol. The Bertz CT molecular complexity index is 1360. The second-order valence-corrected chi connectivity index (χ2v) is 7.43. The zero-order valence-electron chi connectivity index (χ0n) is 19.0. The number of anilines is 1. The Hall–Kier alpha value is -4.32. The molecule has 0 aliphatic rings. The number of hydrogen-bond acceptors (Lipinski definition) is 5. The van der Waals surface area contributed by atoms with Crippen LogP contribution in [0.25, 0.3) is 10.9 Å². The third-order valence-corrected chi connectivity index (χ3v) is 5.01. The van der Waals surface area contributed by atoms with Crippen LogP contribution in [0.4, 0.5) is 5.82 Å². The molecule has 4 rings (SSSR count). The number of methoxy groups -OCH3 is 1. The summed E-state index contributed by atoms with van der Waals surface area (Å²) >= 11 is 0. The van der Waals surface area contributed by atoms with Crippen molar-refractivity contribution in [3.63, 3.8) is 0 Å². The van der Waals surface area contributed by atoms with Gasteiger partial charge in [0.25, 0.3) is 0 Å². The number of rotatable bonds is 7. The van der Waals surface area contributed by atoms with E-state index in [2.05, 4.69) is 39.0 Å². The molecule has 1 N–H and O–H groups in total. The molecule has 0 saturated heterocycles. The fourth-order valence-electron chi connectivity index (χ4n) is 3.37. The summed E-state index contributed by atoms with van der Waals surface area (Å²) in [6, 6.07) is 23.6. The smallest absolute Gasteiger partial charge is 0.149 e. The van der Waals surface area contributed by atoms with Crippen LogP contribution in [0, 0.1) is 23.7 Å². The molecular formula is C29H25N3O2. The van der Waals surface area contributed by atoms with E-state index in [9.17, 15) is 0 Å². The van der Waals surface area contributed by atoms with Crippen molar-refractivity contribution in [3.05, 3.63) is 95.8 Å². The molecule has 0 aliphatic heterocycles. The molecule has 3 aromatic carbocycles. The molecule has 0 unspecified atom stereocenters. The van der Waals surface area contributed by atoms with Gasteiger partial charge in [0.2, 0.25) is 0 Å². The molecule has 1 heterocycles. The van der Waals surface area contributed by atoms with Gasteiger partial charge < -0.3 is 14.8 Å². The lowest BCUT2D eigenvalue weighted by atomic mass is 10.1. The van der Waals surface area contributed by atoms with Gasteiger partial charge in [0.1, 0.15) is 24.5 Å². The average molecular weight is 448 g/mol. The normalized spacial score (nSPS) is 10.0. The summed E-state index contributed by atoms with van der Waals surface area (Å²) in [6.45, 7) is 1.52. The Labute approximate surface area is 200 Å². The fraction of sp³-hybridized carbons (Fsp3) is 0.172. The molecule has 4 aromatic rings. The first-order valence-corrected chi connectivity index (χ1v) is 11.0. The molecule has 0 saturated carbocycles. The lowest BCUT2D eigenvalue weighted by molar-refractivity contribution is 0.184. The quantitative estimate of drug-likeness (QED) is 0.317. The summed E-state index contributed by atoms with van der Waals surface area (Å²) < 4.78 is 11.1. The van der Waals surface area contributed by atoms with Gasteiger partial charge in [-0.15, -0.1) is 0 Å². The first kappa shape index (κ1) is 22.9. The number of benzene rings is 3. The van der Waals surface area contributed by atoms with Crippen LogP contribution in [0.2, 0.25) is 0 Å². The lowest BCUT2D eigenvalue weighted by Gasteiger charge is -2.08. The molecule has 0 spiro atoms. The summed E-state index contributed by atoms with van der Waals surface area (Å²) in [5.74, 6) is 14.1. The number of aromatic nitrogens is 2. The molecule has 168 valence electrons. The summed E-state index contributed by atoms with van der Waals surface area (Å²) in [4.78, 5) is 8.76. The summed E-state index contributed by atoms with van der Waals surface area (Å²) in [5.41, 5.74) is 3.90. The van der Waals surface area contributed by atoms with Gasteiger partial charge in [-0.25, -0.2) is 9.97 Å². The van der Waals surface area contributed by atoms with Crippen LogP contribution in [-0.4, -0.2) is 30.2 Å².